The summed E-state index contributed by atoms with van der Waals surface area (Å²) < 4.78 is 0. The fraction of sp³-hybridized carbons (Fsp3) is 0.600. The van der Waals surface area contributed by atoms with Gasteiger partial charge >= 0.3 is 6.03 Å². The Morgan fingerprint density at radius 3 is 2.55 bits per heavy atom. The van der Waals surface area contributed by atoms with E-state index in [0.717, 1.165) is 44.0 Å². The van der Waals surface area contributed by atoms with E-state index in [-0.39, 0.29) is 11.9 Å². The Morgan fingerprint density at radius 1 is 1.18 bits per heavy atom. The molecular weight excluding hydrogens is 300 g/mol. The van der Waals surface area contributed by atoms with E-state index in [1.807, 2.05) is 29.3 Å². The monoisotopic (exact) mass is 324 g/mol. The molecule has 0 atom stereocenters. The number of hydrogen-bond donors (Lipinski definition) is 2. The van der Waals surface area contributed by atoms with Gasteiger partial charge in [-0.25, -0.2) is 4.79 Å². The van der Waals surface area contributed by atoms with Gasteiger partial charge < -0.3 is 15.5 Å². The summed E-state index contributed by atoms with van der Waals surface area (Å²) in [6, 6.07) is 3.68. The van der Waals surface area contributed by atoms with Crippen molar-refractivity contribution in [3.05, 3.63) is 22.4 Å². The Morgan fingerprint density at radius 2 is 1.91 bits per heavy atom. The molecule has 0 radical (unpaired) electrons. The largest absolute Gasteiger partial charge is 0.338 e. The second-order valence-corrected chi connectivity index (χ2v) is 6.24. The van der Waals surface area contributed by atoms with Crippen LogP contribution in [-0.4, -0.2) is 67.6 Å². The van der Waals surface area contributed by atoms with Crippen LogP contribution >= 0.6 is 11.3 Å². The maximum Gasteiger partial charge on any atom is 0.314 e. The molecule has 0 unspecified atom stereocenters. The molecule has 1 fully saturated rings. The number of nitrogens with zero attached hydrogens (tertiary/aromatic N) is 2. The van der Waals surface area contributed by atoms with Gasteiger partial charge in [0.25, 0.3) is 5.91 Å². The van der Waals surface area contributed by atoms with Crippen LogP contribution in [0.5, 0.6) is 0 Å². The molecule has 1 aromatic rings. The van der Waals surface area contributed by atoms with Crippen LogP contribution < -0.4 is 10.6 Å². The molecule has 3 amide bonds. The van der Waals surface area contributed by atoms with Crippen LogP contribution in [0.3, 0.4) is 0 Å². The van der Waals surface area contributed by atoms with E-state index in [1.165, 1.54) is 11.3 Å². The summed E-state index contributed by atoms with van der Waals surface area (Å²) in [5, 5.41) is 7.57. The number of piperazine rings is 1. The van der Waals surface area contributed by atoms with Crippen molar-refractivity contribution in [1.82, 2.24) is 20.4 Å². The van der Waals surface area contributed by atoms with Gasteiger partial charge in [0.1, 0.15) is 0 Å². The Bertz CT molecular complexity index is 470. The summed E-state index contributed by atoms with van der Waals surface area (Å²) in [5.74, 6) is 0.131. The number of urea groups is 1. The molecule has 2 N–H and O–H groups in total. The summed E-state index contributed by atoms with van der Waals surface area (Å²) >= 11 is 1.49. The molecule has 0 saturated carbocycles. The van der Waals surface area contributed by atoms with Crippen LogP contribution in [0, 0.1) is 0 Å². The van der Waals surface area contributed by atoms with Gasteiger partial charge in [0.15, 0.2) is 0 Å². The van der Waals surface area contributed by atoms with Gasteiger partial charge in [0.2, 0.25) is 0 Å². The Hall–Kier alpha value is -1.60. The van der Waals surface area contributed by atoms with Crippen molar-refractivity contribution in [3.8, 4) is 0 Å². The fourth-order valence-corrected chi connectivity index (χ4v) is 3.05. The minimum atomic E-state index is -0.103. The third kappa shape index (κ3) is 4.99. The summed E-state index contributed by atoms with van der Waals surface area (Å²) in [6.45, 7) is 7.39. The van der Waals surface area contributed by atoms with Gasteiger partial charge in [-0.2, -0.15) is 0 Å². The third-order valence-electron chi connectivity index (χ3n) is 3.64. The molecule has 6 nitrogen and oxygen atoms in total. The van der Waals surface area contributed by atoms with Gasteiger partial charge in [0, 0.05) is 45.8 Å². The maximum atomic E-state index is 12.2. The van der Waals surface area contributed by atoms with E-state index in [2.05, 4.69) is 15.5 Å². The number of thiophene rings is 1. The first-order valence-electron chi connectivity index (χ1n) is 7.77. The van der Waals surface area contributed by atoms with Crippen molar-refractivity contribution in [1.29, 1.82) is 0 Å². The smallest absolute Gasteiger partial charge is 0.314 e. The molecule has 22 heavy (non-hydrogen) atoms. The van der Waals surface area contributed by atoms with E-state index in [0.29, 0.717) is 13.1 Å². The third-order valence-corrected chi connectivity index (χ3v) is 4.50. The summed E-state index contributed by atoms with van der Waals surface area (Å²) in [4.78, 5) is 28.6. The number of carbonyl (C=O) groups is 2. The molecule has 1 aromatic heterocycles. The molecule has 0 bridgehead atoms. The second kappa shape index (κ2) is 8.75. The summed E-state index contributed by atoms with van der Waals surface area (Å²) in [7, 11) is 0. The molecule has 1 saturated heterocycles. The summed E-state index contributed by atoms with van der Waals surface area (Å²) in [5.41, 5.74) is 0. The molecule has 1 aliphatic heterocycles. The Labute approximate surface area is 135 Å². The molecule has 7 heteroatoms. The number of hydrogen-bond acceptors (Lipinski definition) is 4. The zero-order chi connectivity index (χ0) is 15.8. The molecule has 122 valence electrons. The van der Waals surface area contributed by atoms with E-state index in [9.17, 15) is 9.59 Å². The molecule has 2 heterocycles. The SMILES string of the molecule is CCCNC(=O)NCCN1CCN(C(=O)c2cccs2)CC1. The van der Waals surface area contributed by atoms with Crippen molar-refractivity contribution >= 4 is 23.3 Å². The predicted octanol–water partition coefficient (Wildman–Crippen LogP) is 1.22. The topological polar surface area (TPSA) is 64.7 Å². The highest BCUT2D eigenvalue weighted by Gasteiger charge is 2.22. The lowest BCUT2D eigenvalue weighted by Crippen LogP contribution is -2.50. The minimum absolute atomic E-state index is 0.103. The Balaban J connectivity index is 1.63. The van der Waals surface area contributed by atoms with Crippen molar-refractivity contribution in [2.45, 2.75) is 13.3 Å². The number of nitrogens with one attached hydrogen (secondary N) is 2. The van der Waals surface area contributed by atoms with Gasteiger partial charge in [-0.15, -0.1) is 11.3 Å². The van der Waals surface area contributed by atoms with E-state index in [1.54, 1.807) is 0 Å². The van der Waals surface area contributed by atoms with Crippen molar-refractivity contribution in [2.75, 3.05) is 45.8 Å². The second-order valence-electron chi connectivity index (χ2n) is 5.29. The lowest BCUT2D eigenvalue weighted by Gasteiger charge is -2.34. The zero-order valence-electron chi connectivity index (χ0n) is 13.0. The molecule has 0 aliphatic carbocycles. The number of carbonyl (C=O) groups excluding carboxylic acids is 2. The van der Waals surface area contributed by atoms with Crippen molar-refractivity contribution in [3.63, 3.8) is 0 Å². The van der Waals surface area contributed by atoms with Crippen molar-refractivity contribution < 1.29 is 9.59 Å². The van der Waals surface area contributed by atoms with Crippen LogP contribution in [0.25, 0.3) is 0 Å². The maximum absolute atomic E-state index is 12.2. The van der Waals surface area contributed by atoms with E-state index >= 15 is 0 Å². The molecule has 2 rings (SSSR count). The summed E-state index contributed by atoms with van der Waals surface area (Å²) in [6.07, 6.45) is 0.938. The minimum Gasteiger partial charge on any atom is -0.338 e. The molecule has 0 spiro atoms. The highest BCUT2D eigenvalue weighted by molar-refractivity contribution is 7.12. The lowest BCUT2D eigenvalue weighted by atomic mass is 10.3. The van der Waals surface area contributed by atoms with Crippen molar-refractivity contribution in [2.24, 2.45) is 0 Å². The normalized spacial score (nSPS) is 15.6. The molecule has 0 aromatic carbocycles. The van der Waals surface area contributed by atoms with Crippen LogP contribution in [0.4, 0.5) is 4.79 Å². The first-order chi connectivity index (χ1) is 10.7. The zero-order valence-corrected chi connectivity index (χ0v) is 13.8. The van der Waals surface area contributed by atoms with Gasteiger partial charge in [-0.1, -0.05) is 13.0 Å². The van der Waals surface area contributed by atoms with Crippen LogP contribution in [0.15, 0.2) is 17.5 Å². The lowest BCUT2D eigenvalue weighted by molar-refractivity contribution is 0.0644. The first kappa shape index (κ1) is 16.8. The fourth-order valence-electron chi connectivity index (χ4n) is 2.36. The average molecular weight is 324 g/mol. The average Bonchev–Trinajstić information content (AvgIpc) is 3.07. The molecular formula is C15H24N4O2S. The Kier molecular flexibility index (Phi) is 6.67. The van der Waals surface area contributed by atoms with E-state index in [4.69, 9.17) is 0 Å². The molecule has 1 aliphatic rings. The highest BCUT2D eigenvalue weighted by Crippen LogP contribution is 2.13. The van der Waals surface area contributed by atoms with Gasteiger partial charge in [-0.3, -0.25) is 9.69 Å². The standard InChI is InChI=1S/C15H24N4O2S/c1-2-5-16-15(21)17-6-7-18-8-10-19(11-9-18)14(20)13-4-3-12-22-13/h3-4,12H,2,5-11H2,1H3,(H2,16,17,21). The highest BCUT2D eigenvalue weighted by atomic mass is 32.1. The van der Waals surface area contributed by atoms with Crippen LogP contribution in [0.2, 0.25) is 0 Å². The van der Waals surface area contributed by atoms with Gasteiger partial charge in [0.05, 0.1) is 4.88 Å². The van der Waals surface area contributed by atoms with Crippen LogP contribution in [-0.2, 0) is 0 Å². The van der Waals surface area contributed by atoms with Gasteiger partial charge in [-0.05, 0) is 17.9 Å². The number of amides is 3. The first-order valence-corrected chi connectivity index (χ1v) is 8.65. The van der Waals surface area contributed by atoms with Crippen LogP contribution in [0.1, 0.15) is 23.0 Å². The van der Waals surface area contributed by atoms with E-state index < -0.39 is 0 Å². The number of rotatable bonds is 6. The quantitative estimate of drug-likeness (QED) is 0.827. The predicted molar refractivity (Wildman–Crippen MR) is 88.4 cm³/mol.